The van der Waals surface area contributed by atoms with Crippen molar-refractivity contribution in [2.45, 2.75) is 12.3 Å². The van der Waals surface area contributed by atoms with Crippen molar-refractivity contribution in [1.82, 2.24) is 4.90 Å². The van der Waals surface area contributed by atoms with E-state index in [4.69, 9.17) is 11.6 Å². The smallest absolute Gasteiger partial charge is 0.235 e. The van der Waals surface area contributed by atoms with Crippen LogP contribution in [0.2, 0.25) is 4.34 Å². The number of halogens is 1. The van der Waals surface area contributed by atoms with Crippen LogP contribution in [0.3, 0.4) is 0 Å². The molecular formula is C13H14ClNO2S3. The number of carbonyl (C=O) groups is 1. The van der Waals surface area contributed by atoms with Crippen molar-refractivity contribution in [3.63, 3.8) is 0 Å². The fraction of sp³-hybridized carbons (Fsp3) is 0.308. The van der Waals surface area contributed by atoms with E-state index in [1.165, 1.54) is 11.3 Å². The second kappa shape index (κ2) is 7.36. The normalized spacial score (nSPS) is 12.3. The Morgan fingerprint density at radius 2 is 2.15 bits per heavy atom. The molecule has 0 unspecified atom stereocenters. The molecule has 0 bridgehead atoms. The van der Waals surface area contributed by atoms with Crippen LogP contribution in [-0.4, -0.2) is 27.8 Å². The Hall–Kier alpha value is -0.690. The number of carbonyl (C=O) groups excluding carboxylic acids is 1. The van der Waals surface area contributed by atoms with Gasteiger partial charge in [-0.1, -0.05) is 17.7 Å². The zero-order chi connectivity index (χ0) is 14.5. The first kappa shape index (κ1) is 15.7. The summed E-state index contributed by atoms with van der Waals surface area (Å²) in [5, 5.41) is 1.98. The van der Waals surface area contributed by atoms with Crippen LogP contribution in [0, 0.1) is 0 Å². The molecule has 0 fully saturated rings. The van der Waals surface area contributed by atoms with Gasteiger partial charge in [-0.05, 0) is 23.6 Å². The summed E-state index contributed by atoms with van der Waals surface area (Å²) in [6.45, 7) is 0.568. The third-order valence-corrected chi connectivity index (χ3v) is 6.09. The third-order valence-electron chi connectivity index (χ3n) is 2.62. The van der Waals surface area contributed by atoms with E-state index in [2.05, 4.69) is 0 Å². The molecule has 0 aliphatic carbocycles. The Morgan fingerprint density at radius 3 is 2.75 bits per heavy atom. The first-order chi connectivity index (χ1) is 9.54. The zero-order valence-electron chi connectivity index (χ0n) is 10.9. The molecule has 0 saturated carbocycles. The molecule has 0 aliphatic heterocycles. The van der Waals surface area contributed by atoms with E-state index < -0.39 is 10.8 Å². The molecule has 1 amide bonds. The van der Waals surface area contributed by atoms with Crippen LogP contribution < -0.4 is 0 Å². The van der Waals surface area contributed by atoms with E-state index in [0.717, 1.165) is 9.75 Å². The summed E-state index contributed by atoms with van der Waals surface area (Å²) in [4.78, 5) is 15.7. The van der Waals surface area contributed by atoms with Crippen molar-refractivity contribution in [2.24, 2.45) is 0 Å². The lowest BCUT2D eigenvalue weighted by molar-refractivity contribution is -0.127. The van der Waals surface area contributed by atoms with Gasteiger partial charge in [0.25, 0.3) is 0 Å². The number of hydrogen-bond acceptors (Lipinski definition) is 4. The lowest BCUT2D eigenvalue weighted by Gasteiger charge is -2.15. The quantitative estimate of drug-likeness (QED) is 0.803. The van der Waals surface area contributed by atoms with E-state index in [-0.39, 0.29) is 11.7 Å². The summed E-state index contributed by atoms with van der Waals surface area (Å²) in [5.41, 5.74) is 0. The number of thiophene rings is 2. The third kappa shape index (κ3) is 4.70. The molecule has 2 aromatic heterocycles. The van der Waals surface area contributed by atoms with Crippen molar-refractivity contribution < 1.29 is 9.00 Å². The van der Waals surface area contributed by atoms with Gasteiger partial charge in [-0.3, -0.25) is 9.00 Å². The number of nitrogens with zero attached hydrogens (tertiary/aromatic N) is 1. The van der Waals surface area contributed by atoms with Gasteiger partial charge in [0, 0.05) is 27.6 Å². The molecule has 1 atom stereocenters. The van der Waals surface area contributed by atoms with Crippen LogP contribution in [0.4, 0.5) is 0 Å². The van der Waals surface area contributed by atoms with Crippen molar-refractivity contribution >= 4 is 51.0 Å². The minimum Gasteiger partial charge on any atom is -0.340 e. The van der Waals surface area contributed by atoms with Crippen molar-refractivity contribution in [3.05, 3.63) is 43.7 Å². The van der Waals surface area contributed by atoms with Gasteiger partial charge in [-0.25, -0.2) is 0 Å². The van der Waals surface area contributed by atoms with Crippen LogP contribution in [0.5, 0.6) is 0 Å². The number of amides is 1. The minimum absolute atomic E-state index is 0.0530. The minimum atomic E-state index is -1.19. The molecule has 0 radical (unpaired) electrons. The second-order valence-electron chi connectivity index (χ2n) is 4.26. The summed E-state index contributed by atoms with van der Waals surface area (Å²) in [6.07, 6.45) is 0. The standard InChI is InChI=1S/C13H14ClNO2S3/c1-15(7-10-3-2-6-18-10)13(16)9-20(17)8-11-4-5-12(14)19-11/h2-6H,7-9H2,1H3/t20-/m0/s1. The van der Waals surface area contributed by atoms with Gasteiger partial charge in [0.2, 0.25) is 5.91 Å². The molecule has 2 aromatic rings. The van der Waals surface area contributed by atoms with Gasteiger partial charge in [0.1, 0.15) is 5.75 Å². The highest BCUT2D eigenvalue weighted by Gasteiger charge is 2.14. The highest BCUT2D eigenvalue weighted by atomic mass is 35.5. The van der Waals surface area contributed by atoms with Gasteiger partial charge >= 0.3 is 0 Å². The van der Waals surface area contributed by atoms with Crippen LogP contribution in [0.1, 0.15) is 9.75 Å². The summed E-state index contributed by atoms with van der Waals surface area (Å²) < 4.78 is 12.6. The Labute approximate surface area is 133 Å². The maximum Gasteiger partial charge on any atom is 0.235 e. The SMILES string of the molecule is CN(Cc1cccs1)C(=O)C[S@@](=O)Cc1ccc(Cl)s1. The van der Waals surface area contributed by atoms with Gasteiger partial charge < -0.3 is 4.90 Å². The Kier molecular flexibility index (Phi) is 5.77. The van der Waals surface area contributed by atoms with Gasteiger partial charge in [-0.2, -0.15) is 0 Å². The fourth-order valence-corrected chi connectivity index (χ4v) is 4.89. The average Bonchev–Trinajstić information content (AvgIpc) is 3.01. The molecule has 2 heterocycles. The van der Waals surface area contributed by atoms with Crippen LogP contribution in [0.25, 0.3) is 0 Å². The Bertz CT molecular complexity index is 595. The van der Waals surface area contributed by atoms with E-state index in [9.17, 15) is 9.00 Å². The highest BCUT2D eigenvalue weighted by molar-refractivity contribution is 7.85. The lowest BCUT2D eigenvalue weighted by atomic mass is 10.4. The fourth-order valence-electron chi connectivity index (χ4n) is 1.61. The first-order valence-corrected chi connectivity index (χ1v) is 9.46. The largest absolute Gasteiger partial charge is 0.340 e. The van der Waals surface area contributed by atoms with Crippen molar-refractivity contribution in [1.29, 1.82) is 0 Å². The molecule has 2 rings (SSSR count). The van der Waals surface area contributed by atoms with Gasteiger partial charge in [0.15, 0.2) is 0 Å². The average molecular weight is 348 g/mol. The molecule has 0 saturated heterocycles. The van der Waals surface area contributed by atoms with Gasteiger partial charge in [-0.15, -0.1) is 22.7 Å². The number of rotatable bonds is 6. The predicted molar refractivity (Wildman–Crippen MR) is 86.8 cm³/mol. The van der Waals surface area contributed by atoms with Gasteiger partial charge in [0.05, 0.1) is 16.6 Å². The predicted octanol–water partition coefficient (Wildman–Crippen LogP) is 3.37. The Balaban J connectivity index is 1.82. The molecule has 0 aromatic carbocycles. The monoisotopic (exact) mass is 347 g/mol. The van der Waals surface area contributed by atoms with E-state index >= 15 is 0 Å². The maximum atomic E-state index is 12.0. The van der Waals surface area contributed by atoms with Crippen LogP contribution in [0.15, 0.2) is 29.6 Å². The first-order valence-electron chi connectivity index (χ1n) is 5.90. The second-order valence-corrected chi connectivity index (χ2v) is 8.55. The summed E-state index contributed by atoms with van der Waals surface area (Å²) in [7, 11) is 0.545. The maximum absolute atomic E-state index is 12.0. The van der Waals surface area contributed by atoms with E-state index in [1.807, 2.05) is 23.6 Å². The lowest BCUT2D eigenvalue weighted by Crippen LogP contribution is -2.30. The molecule has 7 heteroatoms. The van der Waals surface area contributed by atoms with E-state index in [0.29, 0.717) is 16.6 Å². The van der Waals surface area contributed by atoms with Crippen molar-refractivity contribution in [3.8, 4) is 0 Å². The summed E-state index contributed by atoms with van der Waals surface area (Å²) in [5.74, 6) is 0.340. The zero-order valence-corrected chi connectivity index (χ0v) is 14.1. The Morgan fingerprint density at radius 1 is 1.35 bits per heavy atom. The van der Waals surface area contributed by atoms with Crippen molar-refractivity contribution in [2.75, 3.05) is 12.8 Å². The molecule has 0 spiro atoms. The molecule has 108 valence electrons. The molecule has 20 heavy (non-hydrogen) atoms. The molecule has 3 nitrogen and oxygen atoms in total. The molecule has 0 N–H and O–H groups in total. The molecular weight excluding hydrogens is 334 g/mol. The van der Waals surface area contributed by atoms with E-state index in [1.54, 1.807) is 29.4 Å². The summed E-state index contributed by atoms with van der Waals surface area (Å²) >= 11 is 8.84. The number of hydrogen-bond donors (Lipinski definition) is 0. The topological polar surface area (TPSA) is 37.4 Å². The molecule has 0 aliphatic rings. The van der Waals surface area contributed by atoms with Crippen LogP contribution in [-0.2, 0) is 27.9 Å². The highest BCUT2D eigenvalue weighted by Crippen LogP contribution is 2.22. The summed E-state index contributed by atoms with van der Waals surface area (Å²) in [6, 6.07) is 7.57. The van der Waals surface area contributed by atoms with Crippen LogP contribution >= 0.6 is 34.3 Å².